The van der Waals surface area contributed by atoms with Crippen LogP contribution in [0.4, 0.5) is 0 Å². The molecule has 1 atom stereocenters. The van der Waals surface area contributed by atoms with Crippen molar-refractivity contribution in [2.75, 3.05) is 0 Å². The van der Waals surface area contributed by atoms with Crippen molar-refractivity contribution in [1.29, 1.82) is 5.26 Å². The van der Waals surface area contributed by atoms with Gasteiger partial charge >= 0.3 is 0 Å². The fourth-order valence-electron chi connectivity index (χ4n) is 1.45. The van der Waals surface area contributed by atoms with Crippen LogP contribution in [0.1, 0.15) is 17.4 Å². The lowest BCUT2D eigenvalue weighted by Gasteiger charge is -2.06. The molecule has 0 saturated carbocycles. The van der Waals surface area contributed by atoms with Gasteiger partial charge in [-0.25, -0.2) is 4.98 Å². The highest BCUT2D eigenvalue weighted by Gasteiger charge is 2.17. The zero-order valence-electron chi connectivity index (χ0n) is 7.81. The van der Waals surface area contributed by atoms with Gasteiger partial charge in [0.25, 0.3) is 0 Å². The van der Waals surface area contributed by atoms with E-state index in [0.717, 1.165) is 11.5 Å². The summed E-state index contributed by atoms with van der Waals surface area (Å²) in [5.74, 6) is 0.444. The van der Waals surface area contributed by atoms with Crippen LogP contribution in [0.2, 0.25) is 0 Å². The summed E-state index contributed by atoms with van der Waals surface area (Å²) >= 11 is 0. The quantitative estimate of drug-likeness (QED) is 0.770. The summed E-state index contributed by atoms with van der Waals surface area (Å²) in [4.78, 5) is 7.19. The molecule has 0 aromatic carbocycles. The van der Waals surface area contributed by atoms with Crippen LogP contribution in [0.5, 0.6) is 0 Å². The van der Waals surface area contributed by atoms with Crippen molar-refractivity contribution in [1.82, 2.24) is 14.5 Å². The minimum Gasteiger partial charge on any atom is -0.364 e. The molecule has 4 nitrogen and oxygen atoms in total. The molecule has 70 valence electrons. The van der Waals surface area contributed by atoms with Gasteiger partial charge < -0.3 is 9.55 Å². The molecule has 0 spiro atoms. The Kier molecular flexibility index (Phi) is 2.07. The second-order valence-corrected chi connectivity index (χ2v) is 3.08. The van der Waals surface area contributed by atoms with Gasteiger partial charge in [0.1, 0.15) is 11.7 Å². The summed E-state index contributed by atoms with van der Waals surface area (Å²) in [7, 11) is 1.88. The number of nitrogens with one attached hydrogen (secondary N) is 1. The Morgan fingerprint density at radius 3 is 3.00 bits per heavy atom. The monoisotopic (exact) mass is 186 g/mol. The first-order valence-corrected chi connectivity index (χ1v) is 4.33. The Hall–Kier alpha value is -2.02. The number of H-pyrrole nitrogens is 1. The maximum Gasteiger partial charge on any atom is 0.144 e. The molecule has 0 aliphatic heterocycles. The van der Waals surface area contributed by atoms with Crippen LogP contribution >= 0.6 is 0 Å². The molecule has 0 radical (unpaired) electrons. The van der Waals surface area contributed by atoms with E-state index >= 15 is 0 Å². The zero-order valence-corrected chi connectivity index (χ0v) is 7.81. The highest BCUT2D eigenvalue weighted by Crippen LogP contribution is 2.19. The molecule has 4 heteroatoms. The van der Waals surface area contributed by atoms with Crippen LogP contribution in [0, 0.1) is 11.3 Å². The fraction of sp³-hybridized carbons (Fsp3) is 0.200. The van der Waals surface area contributed by atoms with Gasteiger partial charge in [-0.2, -0.15) is 5.26 Å². The third-order valence-corrected chi connectivity index (χ3v) is 2.18. The predicted octanol–water partition coefficient (Wildman–Crippen LogP) is 1.40. The summed E-state index contributed by atoms with van der Waals surface area (Å²) in [6.45, 7) is 0. The van der Waals surface area contributed by atoms with Crippen molar-refractivity contribution in [2.45, 2.75) is 5.92 Å². The van der Waals surface area contributed by atoms with E-state index in [-0.39, 0.29) is 5.92 Å². The van der Waals surface area contributed by atoms with Gasteiger partial charge in [0.05, 0.1) is 6.07 Å². The Balaban J connectivity index is 2.42. The predicted molar refractivity (Wildman–Crippen MR) is 51.5 cm³/mol. The molecule has 2 heterocycles. The van der Waals surface area contributed by atoms with E-state index < -0.39 is 0 Å². The van der Waals surface area contributed by atoms with Crippen molar-refractivity contribution < 1.29 is 0 Å². The fourth-order valence-corrected chi connectivity index (χ4v) is 1.45. The lowest BCUT2D eigenvalue weighted by atomic mass is 10.1. The summed E-state index contributed by atoms with van der Waals surface area (Å²) in [5, 5.41) is 9.07. The first-order valence-electron chi connectivity index (χ1n) is 4.33. The molecular formula is C10H10N4. The summed E-state index contributed by atoms with van der Waals surface area (Å²) in [6, 6.07) is 6.00. The number of aromatic amines is 1. The molecule has 0 amide bonds. The Morgan fingerprint density at radius 2 is 2.50 bits per heavy atom. The average molecular weight is 186 g/mol. The van der Waals surface area contributed by atoms with E-state index in [1.165, 1.54) is 0 Å². The number of hydrogen-bond acceptors (Lipinski definition) is 2. The Bertz CT molecular complexity index is 447. The third kappa shape index (κ3) is 1.29. The van der Waals surface area contributed by atoms with Crippen LogP contribution in [0.15, 0.2) is 30.7 Å². The number of aromatic nitrogens is 3. The molecule has 1 unspecified atom stereocenters. The maximum absolute atomic E-state index is 9.07. The lowest BCUT2D eigenvalue weighted by Crippen LogP contribution is -2.05. The zero-order chi connectivity index (χ0) is 9.97. The molecular weight excluding hydrogens is 176 g/mol. The number of nitriles is 1. The van der Waals surface area contributed by atoms with E-state index in [1.807, 2.05) is 36.1 Å². The Labute approximate surface area is 81.8 Å². The van der Waals surface area contributed by atoms with Crippen LogP contribution in [0.3, 0.4) is 0 Å². The van der Waals surface area contributed by atoms with E-state index in [2.05, 4.69) is 16.0 Å². The second kappa shape index (κ2) is 3.38. The largest absolute Gasteiger partial charge is 0.364 e. The van der Waals surface area contributed by atoms with Crippen molar-refractivity contribution in [3.8, 4) is 6.07 Å². The van der Waals surface area contributed by atoms with Crippen LogP contribution in [-0.4, -0.2) is 14.5 Å². The molecule has 0 bridgehead atoms. The van der Waals surface area contributed by atoms with Crippen molar-refractivity contribution in [3.63, 3.8) is 0 Å². The van der Waals surface area contributed by atoms with E-state index in [0.29, 0.717) is 0 Å². The van der Waals surface area contributed by atoms with Gasteiger partial charge in [-0.05, 0) is 12.1 Å². The minimum absolute atomic E-state index is 0.315. The molecule has 14 heavy (non-hydrogen) atoms. The van der Waals surface area contributed by atoms with Crippen molar-refractivity contribution >= 4 is 0 Å². The smallest absolute Gasteiger partial charge is 0.144 e. The maximum atomic E-state index is 9.07. The molecule has 2 rings (SSSR count). The highest BCUT2D eigenvalue weighted by atomic mass is 15.0. The lowest BCUT2D eigenvalue weighted by molar-refractivity contribution is 0.773. The highest BCUT2D eigenvalue weighted by molar-refractivity contribution is 5.26. The van der Waals surface area contributed by atoms with Gasteiger partial charge in [-0.15, -0.1) is 0 Å². The van der Waals surface area contributed by atoms with Crippen LogP contribution in [-0.2, 0) is 7.05 Å². The molecule has 2 aromatic heterocycles. The van der Waals surface area contributed by atoms with E-state index in [4.69, 9.17) is 5.26 Å². The first kappa shape index (κ1) is 8.57. The van der Waals surface area contributed by atoms with Crippen LogP contribution in [0.25, 0.3) is 0 Å². The number of rotatable bonds is 2. The molecule has 0 aliphatic carbocycles. The first-order chi connectivity index (χ1) is 6.83. The number of imidazole rings is 1. The number of nitrogens with zero attached hydrogens (tertiary/aromatic N) is 3. The van der Waals surface area contributed by atoms with Gasteiger partial charge in [-0.3, -0.25) is 0 Å². The molecule has 0 fully saturated rings. The van der Waals surface area contributed by atoms with Gasteiger partial charge in [0.2, 0.25) is 0 Å². The molecule has 1 N–H and O–H groups in total. The van der Waals surface area contributed by atoms with Gasteiger partial charge in [0.15, 0.2) is 0 Å². The summed E-state index contributed by atoms with van der Waals surface area (Å²) in [5.41, 5.74) is 0.877. The normalized spacial score (nSPS) is 12.3. The minimum atomic E-state index is -0.315. The second-order valence-electron chi connectivity index (χ2n) is 3.08. The molecule has 0 saturated heterocycles. The molecule has 2 aromatic rings. The molecule has 0 aliphatic rings. The van der Waals surface area contributed by atoms with Crippen molar-refractivity contribution in [3.05, 3.63) is 42.2 Å². The van der Waals surface area contributed by atoms with E-state index in [9.17, 15) is 0 Å². The average Bonchev–Trinajstić information content (AvgIpc) is 2.80. The third-order valence-electron chi connectivity index (χ3n) is 2.18. The number of hydrogen-bond donors (Lipinski definition) is 1. The van der Waals surface area contributed by atoms with Crippen LogP contribution < -0.4 is 0 Å². The van der Waals surface area contributed by atoms with Gasteiger partial charge in [0, 0.05) is 31.3 Å². The summed E-state index contributed by atoms with van der Waals surface area (Å²) in [6.07, 6.45) is 5.34. The van der Waals surface area contributed by atoms with Crippen molar-refractivity contribution in [2.24, 2.45) is 7.05 Å². The Morgan fingerprint density at radius 1 is 1.64 bits per heavy atom. The van der Waals surface area contributed by atoms with E-state index in [1.54, 1.807) is 6.20 Å². The topological polar surface area (TPSA) is 57.4 Å². The van der Waals surface area contributed by atoms with Gasteiger partial charge in [-0.1, -0.05) is 0 Å². The standard InChI is InChI=1S/C10H10N4/c1-14-6-5-13-10(14)8(7-11)9-3-2-4-12-9/h2-6,8,12H,1H3. The summed E-state index contributed by atoms with van der Waals surface area (Å²) < 4.78 is 1.86. The SMILES string of the molecule is Cn1ccnc1C(C#N)c1ccc[nH]1. The number of aryl methyl sites for hydroxylation is 1.